The maximum atomic E-state index is 9.06. The van der Waals surface area contributed by atoms with Gasteiger partial charge in [-0.2, -0.15) is 0 Å². The molecule has 0 unspecified atom stereocenters. The van der Waals surface area contributed by atoms with Crippen LogP contribution in [0.5, 0.6) is 0 Å². The Labute approximate surface area is 56.1 Å². The molecule has 0 aromatic rings. The van der Waals surface area contributed by atoms with E-state index in [1.807, 2.05) is 0 Å². The van der Waals surface area contributed by atoms with Crippen molar-refractivity contribution in [2.75, 3.05) is 6.54 Å². The van der Waals surface area contributed by atoms with Crippen molar-refractivity contribution in [2.24, 2.45) is 5.92 Å². The van der Waals surface area contributed by atoms with Gasteiger partial charge in [0.25, 0.3) is 0 Å². The summed E-state index contributed by atoms with van der Waals surface area (Å²) in [6, 6.07) is 0. The van der Waals surface area contributed by atoms with Crippen LogP contribution in [0.2, 0.25) is 0 Å². The fraction of sp³-hybridized carbons (Fsp3) is 1.00. The molecule has 0 aliphatic heterocycles. The van der Waals surface area contributed by atoms with Crippen LogP contribution < -0.4 is 5.73 Å². The van der Waals surface area contributed by atoms with Crippen molar-refractivity contribution in [1.29, 1.82) is 0 Å². The van der Waals surface area contributed by atoms with Crippen LogP contribution in [0, 0.1) is 5.92 Å². The van der Waals surface area contributed by atoms with Crippen LogP contribution in [-0.2, 0) is 0 Å². The molecule has 1 saturated carbocycles. The highest BCUT2D eigenvalue weighted by atomic mass is 16.3. The zero-order valence-corrected chi connectivity index (χ0v) is 5.64. The van der Waals surface area contributed by atoms with Crippen LogP contribution in [0.25, 0.3) is 0 Å². The van der Waals surface area contributed by atoms with Gasteiger partial charge in [0.2, 0.25) is 0 Å². The summed E-state index contributed by atoms with van der Waals surface area (Å²) >= 11 is 0. The Hall–Kier alpha value is -0.0800. The Morgan fingerprint density at radius 2 is 1.78 bits per heavy atom. The Balaban J connectivity index is 2.18. The van der Waals surface area contributed by atoms with E-state index in [2.05, 4.69) is 0 Å². The number of aliphatic hydroxyl groups is 1. The van der Waals surface area contributed by atoms with E-state index in [1.165, 1.54) is 0 Å². The van der Waals surface area contributed by atoms with E-state index >= 15 is 0 Å². The fourth-order valence-electron chi connectivity index (χ4n) is 1.35. The predicted molar refractivity (Wildman–Crippen MR) is 35.9 cm³/mol. The molecule has 1 radical (unpaired) electrons. The first kappa shape index (κ1) is 7.03. The lowest BCUT2D eigenvalue weighted by atomic mass is 9.88. The van der Waals surface area contributed by atoms with Gasteiger partial charge in [0, 0.05) is 6.54 Å². The molecule has 2 N–H and O–H groups in total. The summed E-state index contributed by atoms with van der Waals surface area (Å²) in [6.45, 7) is 0.548. The van der Waals surface area contributed by atoms with Crippen molar-refractivity contribution in [3.05, 3.63) is 0 Å². The summed E-state index contributed by atoms with van der Waals surface area (Å²) < 4.78 is 0. The first-order chi connectivity index (χ1) is 4.33. The summed E-state index contributed by atoms with van der Waals surface area (Å²) in [6.07, 6.45) is 3.90. The van der Waals surface area contributed by atoms with Gasteiger partial charge in [0.05, 0.1) is 6.10 Å². The molecule has 53 valence electrons. The van der Waals surface area contributed by atoms with E-state index in [0.29, 0.717) is 12.5 Å². The molecule has 0 amide bonds. The Morgan fingerprint density at radius 1 is 1.22 bits per heavy atom. The molecule has 1 rings (SSSR count). The molecule has 9 heavy (non-hydrogen) atoms. The molecular weight excluding hydrogens is 114 g/mol. The molecular formula is C7H14NO. The maximum absolute atomic E-state index is 9.06. The predicted octanol–water partition coefficient (Wildman–Crippen LogP) is 0.820. The minimum absolute atomic E-state index is 0.0622. The Bertz CT molecular complexity index is 77.0. The first-order valence-electron chi connectivity index (χ1n) is 3.65. The normalized spacial score (nSPS) is 36.7. The molecule has 1 fully saturated rings. The third kappa shape index (κ3) is 1.95. The quantitative estimate of drug-likeness (QED) is 0.558. The third-order valence-corrected chi connectivity index (χ3v) is 2.10. The van der Waals surface area contributed by atoms with Crippen LogP contribution in [-0.4, -0.2) is 17.8 Å². The summed E-state index contributed by atoms with van der Waals surface area (Å²) in [5.74, 6) is 0.577. The molecule has 1 aliphatic rings. The van der Waals surface area contributed by atoms with Crippen molar-refractivity contribution in [3.8, 4) is 0 Å². The second-order valence-corrected chi connectivity index (χ2v) is 2.88. The van der Waals surface area contributed by atoms with Gasteiger partial charge >= 0.3 is 0 Å². The number of nitrogens with one attached hydrogen (secondary N) is 1. The van der Waals surface area contributed by atoms with Crippen LogP contribution in [0.15, 0.2) is 0 Å². The zero-order valence-electron chi connectivity index (χ0n) is 5.64. The van der Waals surface area contributed by atoms with Crippen LogP contribution >= 0.6 is 0 Å². The van der Waals surface area contributed by atoms with Crippen LogP contribution in [0.3, 0.4) is 0 Å². The number of hydrogen-bond acceptors (Lipinski definition) is 1. The Kier molecular flexibility index (Phi) is 2.49. The maximum Gasteiger partial charge on any atom is 0.0540 e. The highest BCUT2D eigenvalue weighted by molar-refractivity contribution is 4.71. The lowest BCUT2D eigenvalue weighted by Crippen LogP contribution is -2.20. The second kappa shape index (κ2) is 3.18. The van der Waals surface area contributed by atoms with Crippen molar-refractivity contribution in [2.45, 2.75) is 31.8 Å². The van der Waals surface area contributed by atoms with Gasteiger partial charge in [-0.1, -0.05) is 0 Å². The lowest BCUT2D eigenvalue weighted by Gasteiger charge is -2.23. The van der Waals surface area contributed by atoms with Gasteiger partial charge in [-0.05, 0) is 31.6 Å². The van der Waals surface area contributed by atoms with Crippen molar-refractivity contribution >= 4 is 0 Å². The smallest absolute Gasteiger partial charge is 0.0540 e. The molecule has 1 aliphatic carbocycles. The summed E-state index contributed by atoms with van der Waals surface area (Å²) in [7, 11) is 0. The minimum atomic E-state index is -0.0622. The van der Waals surface area contributed by atoms with Crippen LogP contribution in [0.1, 0.15) is 25.7 Å². The average Bonchev–Trinajstić information content (AvgIpc) is 1.90. The largest absolute Gasteiger partial charge is 0.393 e. The van der Waals surface area contributed by atoms with E-state index in [0.717, 1.165) is 25.7 Å². The van der Waals surface area contributed by atoms with Gasteiger partial charge in [0.1, 0.15) is 0 Å². The van der Waals surface area contributed by atoms with Gasteiger partial charge in [-0.3, -0.25) is 5.73 Å². The second-order valence-electron chi connectivity index (χ2n) is 2.88. The molecule has 0 spiro atoms. The molecule has 0 saturated heterocycles. The lowest BCUT2D eigenvalue weighted by molar-refractivity contribution is 0.110. The van der Waals surface area contributed by atoms with E-state index in [1.54, 1.807) is 0 Å². The SMILES string of the molecule is [NH]C[C@H]1CC[C@@H](O)CC1. The third-order valence-electron chi connectivity index (χ3n) is 2.10. The molecule has 2 heteroatoms. The number of rotatable bonds is 1. The monoisotopic (exact) mass is 128 g/mol. The summed E-state index contributed by atoms with van der Waals surface area (Å²) in [5, 5.41) is 9.06. The first-order valence-corrected chi connectivity index (χ1v) is 3.65. The summed E-state index contributed by atoms with van der Waals surface area (Å²) in [4.78, 5) is 0. The highest BCUT2D eigenvalue weighted by Gasteiger charge is 2.17. The Morgan fingerprint density at radius 3 is 2.22 bits per heavy atom. The minimum Gasteiger partial charge on any atom is -0.393 e. The van der Waals surface area contributed by atoms with Crippen molar-refractivity contribution in [3.63, 3.8) is 0 Å². The topological polar surface area (TPSA) is 44.0 Å². The van der Waals surface area contributed by atoms with Gasteiger partial charge in [-0.15, -0.1) is 0 Å². The highest BCUT2D eigenvalue weighted by Crippen LogP contribution is 2.22. The fourth-order valence-corrected chi connectivity index (χ4v) is 1.35. The average molecular weight is 128 g/mol. The zero-order chi connectivity index (χ0) is 6.69. The van der Waals surface area contributed by atoms with Gasteiger partial charge < -0.3 is 5.11 Å². The molecule has 0 heterocycles. The van der Waals surface area contributed by atoms with E-state index in [9.17, 15) is 0 Å². The van der Waals surface area contributed by atoms with Crippen LogP contribution in [0.4, 0.5) is 0 Å². The number of hydrogen-bond donors (Lipinski definition) is 1. The standard InChI is InChI=1S/C7H14NO/c8-5-6-1-3-7(9)4-2-6/h6-9H,1-5H2/t6-,7+. The molecule has 0 bridgehead atoms. The molecule has 0 aromatic carbocycles. The number of aliphatic hydroxyl groups excluding tert-OH is 1. The van der Waals surface area contributed by atoms with E-state index < -0.39 is 0 Å². The van der Waals surface area contributed by atoms with Gasteiger partial charge in [0.15, 0.2) is 0 Å². The molecule has 0 aromatic heterocycles. The molecule has 2 nitrogen and oxygen atoms in total. The summed E-state index contributed by atoms with van der Waals surface area (Å²) in [5.41, 5.74) is 7.08. The van der Waals surface area contributed by atoms with E-state index in [-0.39, 0.29) is 6.10 Å². The van der Waals surface area contributed by atoms with Gasteiger partial charge in [-0.25, -0.2) is 0 Å². The van der Waals surface area contributed by atoms with Crippen molar-refractivity contribution < 1.29 is 5.11 Å². The van der Waals surface area contributed by atoms with Crippen molar-refractivity contribution in [1.82, 2.24) is 5.73 Å². The van der Waals surface area contributed by atoms with E-state index in [4.69, 9.17) is 10.8 Å². The molecule has 0 atom stereocenters.